The molecule has 0 aliphatic carbocycles. The van der Waals surface area contributed by atoms with E-state index in [4.69, 9.17) is 4.74 Å². The Morgan fingerprint density at radius 2 is 1.78 bits per heavy atom. The van der Waals surface area contributed by atoms with Crippen molar-refractivity contribution in [3.8, 4) is 5.75 Å². The van der Waals surface area contributed by atoms with Crippen molar-refractivity contribution in [2.45, 2.75) is 39.0 Å². The van der Waals surface area contributed by atoms with Crippen LogP contribution >= 0.6 is 0 Å². The summed E-state index contributed by atoms with van der Waals surface area (Å²) in [5.74, 6) is -0.0103. The van der Waals surface area contributed by atoms with E-state index >= 15 is 0 Å². The lowest BCUT2D eigenvalue weighted by Gasteiger charge is -2.37. The Balaban J connectivity index is 1.28. The SMILES string of the molecule is Cc1c(CN2CC(CCNC(C)c3cccc4ccccc34)Oc3ccccc32)cccc1C(=O)O. The lowest BCUT2D eigenvalue weighted by molar-refractivity contribution is 0.0696. The van der Waals surface area contributed by atoms with Crippen LogP contribution in [0.15, 0.2) is 84.9 Å². The lowest BCUT2D eigenvalue weighted by Crippen LogP contribution is -2.41. The highest BCUT2D eigenvalue weighted by Gasteiger charge is 2.26. The number of carbonyl (C=O) groups is 1. The minimum absolute atomic E-state index is 0.0371. The number of benzene rings is 4. The van der Waals surface area contributed by atoms with E-state index in [0.29, 0.717) is 12.1 Å². The molecule has 0 fully saturated rings. The van der Waals surface area contributed by atoms with E-state index < -0.39 is 5.97 Å². The third-order valence-electron chi connectivity index (χ3n) is 7.17. The summed E-state index contributed by atoms with van der Waals surface area (Å²) in [5, 5.41) is 15.8. The number of ether oxygens (including phenoxy) is 1. The maximum absolute atomic E-state index is 11.6. The summed E-state index contributed by atoms with van der Waals surface area (Å²) in [6, 6.07) is 28.8. The van der Waals surface area contributed by atoms with Gasteiger partial charge in [-0.25, -0.2) is 4.79 Å². The van der Waals surface area contributed by atoms with Gasteiger partial charge in [-0.1, -0.05) is 66.7 Å². The molecule has 1 heterocycles. The van der Waals surface area contributed by atoms with Crippen LogP contribution in [0, 0.1) is 6.92 Å². The second-order valence-electron chi connectivity index (χ2n) is 9.52. The lowest BCUT2D eigenvalue weighted by atomic mass is 9.99. The fourth-order valence-electron chi connectivity index (χ4n) is 5.17. The van der Waals surface area contributed by atoms with Crippen LogP contribution in [-0.2, 0) is 6.54 Å². The summed E-state index contributed by atoms with van der Waals surface area (Å²) in [4.78, 5) is 13.9. The summed E-state index contributed by atoms with van der Waals surface area (Å²) in [6.07, 6.45) is 0.906. The van der Waals surface area contributed by atoms with Gasteiger partial charge in [0.2, 0.25) is 0 Å². The molecule has 0 aromatic heterocycles. The van der Waals surface area contributed by atoms with Gasteiger partial charge in [-0.15, -0.1) is 0 Å². The van der Waals surface area contributed by atoms with Gasteiger partial charge in [-0.05, 0) is 72.5 Å². The van der Waals surface area contributed by atoms with Crippen molar-refractivity contribution in [2.75, 3.05) is 18.0 Å². The van der Waals surface area contributed by atoms with Crippen molar-refractivity contribution in [2.24, 2.45) is 0 Å². The first-order chi connectivity index (χ1) is 17.5. The minimum Gasteiger partial charge on any atom is -0.486 e. The van der Waals surface area contributed by atoms with E-state index in [1.807, 2.05) is 37.3 Å². The van der Waals surface area contributed by atoms with Crippen LogP contribution in [0.5, 0.6) is 5.75 Å². The maximum atomic E-state index is 11.6. The van der Waals surface area contributed by atoms with Crippen molar-refractivity contribution in [3.05, 3.63) is 107 Å². The number of fused-ring (bicyclic) bond motifs is 2. The third kappa shape index (κ3) is 4.93. The molecule has 1 aliphatic rings. The van der Waals surface area contributed by atoms with Gasteiger partial charge in [-0.3, -0.25) is 0 Å². The molecule has 0 bridgehead atoms. The summed E-state index contributed by atoms with van der Waals surface area (Å²) < 4.78 is 6.37. The Hall–Kier alpha value is -3.83. The van der Waals surface area contributed by atoms with Crippen LogP contribution in [-0.4, -0.2) is 30.3 Å². The molecule has 0 saturated heterocycles. The third-order valence-corrected chi connectivity index (χ3v) is 7.17. The van der Waals surface area contributed by atoms with E-state index in [9.17, 15) is 9.90 Å². The van der Waals surface area contributed by atoms with Gasteiger partial charge >= 0.3 is 5.97 Å². The molecule has 0 amide bonds. The zero-order valence-electron chi connectivity index (χ0n) is 20.8. The highest BCUT2D eigenvalue weighted by Crippen LogP contribution is 2.35. The first kappa shape index (κ1) is 23.9. The van der Waals surface area contributed by atoms with Crippen LogP contribution < -0.4 is 15.0 Å². The topological polar surface area (TPSA) is 61.8 Å². The Labute approximate surface area is 212 Å². The van der Waals surface area contributed by atoms with E-state index in [1.165, 1.54) is 16.3 Å². The predicted octanol–water partition coefficient (Wildman–Crippen LogP) is 6.35. The Morgan fingerprint density at radius 1 is 1.03 bits per heavy atom. The molecule has 5 rings (SSSR count). The zero-order chi connectivity index (χ0) is 25.1. The number of hydrogen-bond acceptors (Lipinski definition) is 4. The van der Waals surface area contributed by atoms with Gasteiger partial charge in [0, 0.05) is 12.6 Å². The smallest absolute Gasteiger partial charge is 0.335 e. The molecule has 4 aromatic rings. The number of hydrogen-bond donors (Lipinski definition) is 2. The average molecular weight is 481 g/mol. The summed E-state index contributed by atoms with van der Waals surface area (Å²) in [6.45, 7) is 6.32. The summed E-state index contributed by atoms with van der Waals surface area (Å²) in [7, 11) is 0. The Morgan fingerprint density at radius 3 is 2.64 bits per heavy atom. The highest BCUT2D eigenvalue weighted by atomic mass is 16.5. The molecular weight excluding hydrogens is 448 g/mol. The van der Waals surface area contributed by atoms with E-state index in [2.05, 4.69) is 65.7 Å². The monoisotopic (exact) mass is 480 g/mol. The number of carboxylic acids is 1. The Bertz CT molecular complexity index is 1380. The molecule has 1 aliphatic heterocycles. The van der Waals surface area contributed by atoms with E-state index in [0.717, 1.165) is 42.1 Å². The van der Waals surface area contributed by atoms with Crippen molar-refractivity contribution in [1.82, 2.24) is 5.32 Å². The molecule has 0 radical (unpaired) electrons. The van der Waals surface area contributed by atoms with Gasteiger partial charge in [-0.2, -0.15) is 0 Å². The summed E-state index contributed by atoms with van der Waals surface area (Å²) in [5.41, 5.74) is 4.55. The Kier molecular flexibility index (Phi) is 6.92. The van der Waals surface area contributed by atoms with Gasteiger partial charge in [0.15, 0.2) is 0 Å². The number of para-hydroxylation sites is 2. The largest absolute Gasteiger partial charge is 0.486 e. The molecule has 0 spiro atoms. The fraction of sp³-hybridized carbons (Fsp3) is 0.258. The van der Waals surface area contributed by atoms with Gasteiger partial charge in [0.05, 0.1) is 17.8 Å². The first-order valence-corrected chi connectivity index (χ1v) is 12.5. The average Bonchev–Trinajstić information content (AvgIpc) is 2.89. The van der Waals surface area contributed by atoms with Crippen LogP contribution in [0.3, 0.4) is 0 Å². The number of nitrogens with zero attached hydrogens (tertiary/aromatic N) is 1. The molecule has 5 heteroatoms. The van der Waals surface area contributed by atoms with Crippen molar-refractivity contribution in [3.63, 3.8) is 0 Å². The molecule has 5 nitrogen and oxygen atoms in total. The normalized spacial score (nSPS) is 15.8. The molecule has 184 valence electrons. The molecular formula is C31H32N2O3. The van der Waals surface area contributed by atoms with Crippen molar-refractivity contribution < 1.29 is 14.6 Å². The van der Waals surface area contributed by atoms with Crippen molar-refractivity contribution >= 4 is 22.4 Å². The predicted molar refractivity (Wildman–Crippen MR) is 145 cm³/mol. The quantitative estimate of drug-likeness (QED) is 0.307. The standard InChI is InChI=1S/C31H32N2O3/c1-21-24(11-8-13-26(21)31(34)35)19-33-20-25(36-30-16-6-5-15-29(30)33)17-18-32-22(2)27-14-7-10-23-9-3-4-12-28(23)27/h3-16,22,25,32H,17-20H2,1-2H3,(H,34,35). The summed E-state index contributed by atoms with van der Waals surface area (Å²) >= 11 is 0. The minimum atomic E-state index is -0.888. The van der Waals surface area contributed by atoms with Gasteiger partial charge in [0.25, 0.3) is 0 Å². The van der Waals surface area contributed by atoms with E-state index in [1.54, 1.807) is 6.07 Å². The zero-order valence-corrected chi connectivity index (χ0v) is 20.8. The molecule has 2 atom stereocenters. The number of aromatic carboxylic acids is 1. The molecule has 2 N–H and O–H groups in total. The second kappa shape index (κ2) is 10.4. The van der Waals surface area contributed by atoms with Crippen LogP contribution in [0.2, 0.25) is 0 Å². The molecule has 4 aromatic carbocycles. The van der Waals surface area contributed by atoms with Gasteiger partial charge < -0.3 is 20.1 Å². The van der Waals surface area contributed by atoms with Gasteiger partial charge in [0.1, 0.15) is 11.9 Å². The van der Waals surface area contributed by atoms with Crippen LogP contribution in [0.25, 0.3) is 10.8 Å². The number of nitrogens with one attached hydrogen (secondary N) is 1. The van der Waals surface area contributed by atoms with Crippen LogP contribution in [0.4, 0.5) is 5.69 Å². The van der Waals surface area contributed by atoms with Crippen molar-refractivity contribution in [1.29, 1.82) is 0 Å². The first-order valence-electron chi connectivity index (χ1n) is 12.5. The fourth-order valence-corrected chi connectivity index (χ4v) is 5.17. The molecule has 2 unspecified atom stereocenters. The number of rotatable bonds is 8. The maximum Gasteiger partial charge on any atom is 0.335 e. The molecule has 36 heavy (non-hydrogen) atoms. The number of anilines is 1. The molecule has 0 saturated carbocycles. The highest BCUT2D eigenvalue weighted by molar-refractivity contribution is 5.89. The second-order valence-corrected chi connectivity index (χ2v) is 9.52. The van der Waals surface area contributed by atoms with Crippen LogP contribution in [0.1, 0.15) is 46.4 Å². The number of carboxylic acid groups (broad SMARTS) is 1. The van der Waals surface area contributed by atoms with E-state index in [-0.39, 0.29) is 12.1 Å².